The highest BCUT2D eigenvalue weighted by atomic mass is 35.5. The van der Waals surface area contributed by atoms with Gasteiger partial charge in [0.25, 0.3) is 0 Å². The normalized spacial score (nSPS) is 11.7. The molecule has 140 valence electrons. The monoisotopic (exact) mass is 392 g/mol. The lowest BCUT2D eigenvalue weighted by Crippen LogP contribution is -2.12. The Morgan fingerprint density at radius 2 is 2.00 bits per heavy atom. The summed E-state index contributed by atoms with van der Waals surface area (Å²) < 4.78 is 7.46. The molecule has 6 nitrogen and oxygen atoms in total. The van der Waals surface area contributed by atoms with Gasteiger partial charge >= 0.3 is 0 Å². The third-order valence-corrected chi connectivity index (χ3v) is 4.78. The third-order valence-electron chi connectivity index (χ3n) is 4.55. The number of oxime groups is 1. The van der Waals surface area contributed by atoms with Crippen molar-refractivity contribution in [1.29, 1.82) is 0 Å². The number of methoxy groups -OCH3 is 1. The predicted molar refractivity (Wildman–Crippen MR) is 111 cm³/mol. The van der Waals surface area contributed by atoms with E-state index in [1.807, 2.05) is 47.0 Å². The molecular weight excluding hydrogens is 376 g/mol. The Labute approximate surface area is 166 Å². The van der Waals surface area contributed by atoms with E-state index in [0.717, 1.165) is 33.6 Å². The summed E-state index contributed by atoms with van der Waals surface area (Å²) in [6.07, 6.45) is 1.75. The van der Waals surface area contributed by atoms with E-state index >= 15 is 0 Å². The number of hydrogen-bond donors (Lipinski definition) is 2. The molecule has 0 bridgehead atoms. The summed E-state index contributed by atoms with van der Waals surface area (Å²) in [7, 11) is 1.64. The largest absolute Gasteiger partial charge is 0.496 e. The summed E-state index contributed by atoms with van der Waals surface area (Å²) in [5.74, 6) is 0.798. The van der Waals surface area contributed by atoms with Crippen molar-refractivity contribution < 1.29 is 9.94 Å². The minimum absolute atomic E-state index is 0.0477. The van der Waals surface area contributed by atoms with Crippen molar-refractivity contribution in [3.05, 3.63) is 77.6 Å². The minimum Gasteiger partial charge on any atom is -0.496 e. The van der Waals surface area contributed by atoms with Crippen LogP contribution in [0.1, 0.15) is 5.56 Å². The molecule has 4 rings (SSSR count). The molecule has 0 radical (unpaired) electrons. The van der Waals surface area contributed by atoms with E-state index < -0.39 is 0 Å². The van der Waals surface area contributed by atoms with Crippen molar-refractivity contribution in [2.45, 2.75) is 0 Å². The molecule has 4 aromatic rings. The Morgan fingerprint density at radius 3 is 2.79 bits per heavy atom. The number of nitrogens with zero attached hydrogens (tertiary/aromatic N) is 3. The lowest BCUT2D eigenvalue weighted by Gasteiger charge is -2.11. The van der Waals surface area contributed by atoms with Crippen molar-refractivity contribution in [3.8, 4) is 22.6 Å². The summed E-state index contributed by atoms with van der Waals surface area (Å²) >= 11 is 6.19. The van der Waals surface area contributed by atoms with Crippen LogP contribution in [0.15, 0.2) is 72.1 Å². The average Bonchev–Trinajstić information content (AvgIpc) is 3.16. The van der Waals surface area contributed by atoms with Crippen molar-refractivity contribution in [1.82, 2.24) is 9.55 Å². The van der Waals surface area contributed by atoms with Gasteiger partial charge in [-0.25, -0.2) is 4.98 Å². The molecule has 1 aromatic heterocycles. The zero-order chi connectivity index (χ0) is 19.7. The molecule has 3 N–H and O–H groups in total. The third kappa shape index (κ3) is 3.14. The number of fused-ring (bicyclic) bond motifs is 1. The van der Waals surface area contributed by atoms with Crippen LogP contribution in [0.4, 0.5) is 0 Å². The van der Waals surface area contributed by atoms with Crippen molar-refractivity contribution in [2.24, 2.45) is 10.9 Å². The van der Waals surface area contributed by atoms with E-state index in [0.29, 0.717) is 10.6 Å². The van der Waals surface area contributed by atoms with Gasteiger partial charge in [0.15, 0.2) is 5.84 Å². The highest BCUT2D eigenvalue weighted by Crippen LogP contribution is 2.33. The van der Waals surface area contributed by atoms with E-state index in [-0.39, 0.29) is 5.84 Å². The number of benzene rings is 3. The molecule has 0 aliphatic rings. The lowest BCUT2D eigenvalue weighted by molar-refractivity contribution is 0.318. The van der Waals surface area contributed by atoms with Gasteiger partial charge in [0.05, 0.1) is 18.1 Å². The van der Waals surface area contributed by atoms with Crippen LogP contribution in [0.5, 0.6) is 5.75 Å². The first-order valence-electron chi connectivity index (χ1n) is 8.50. The molecule has 0 spiro atoms. The molecule has 0 fully saturated rings. The van der Waals surface area contributed by atoms with Crippen molar-refractivity contribution >= 4 is 28.5 Å². The van der Waals surface area contributed by atoms with Gasteiger partial charge in [0.1, 0.15) is 12.1 Å². The predicted octanol–water partition coefficient (Wildman–Crippen LogP) is 4.45. The Hall–Kier alpha value is -3.51. The molecule has 28 heavy (non-hydrogen) atoms. The zero-order valence-electron chi connectivity index (χ0n) is 15.0. The molecule has 3 aromatic carbocycles. The molecule has 0 saturated heterocycles. The molecule has 7 heteroatoms. The summed E-state index contributed by atoms with van der Waals surface area (Å²) in [5.41, 5.74) is 10.8. The van der Waals surface area contributed by atoms with Gasteiger partial charge in [-0.3, -0.25) is 4.57 Å². The molecule has 0 amide bonds. The van der Waals surface area contributed by atoms with Crippen LogP contribution >= 0.6 is 11.6 Å². The maximum atomic E-state index is 8.86. The van der Waals surface area contributed by atoms with Gasteiger partial charge in [0.2, 0.25) is 0 Å². The summed E-state index contributed by atoms with van der Waals surface area (Å²) in [6, 6.07) is 19.0. The molecule has 0 saturated carbocycles. The second-order valence-corrected chi connectivity index (χ2v) is 6.63. The van der Waals surface area contributed by atoms with Gasteiger partial charge in [-0.1, -0.05) is 28.9 Å². The lowest BCUT2D eigenvalue weighted by atomic mass is 10.0. The Bertz CT molecular complexity index is 1200. The van der Waals surface area contributed by atoms with E-state index in [1.54, 1.807) is 31.6 Å². The number of nitrogens with two attached hydrogens (primary N) is 1. The number of hydrogen-bond acceptors (Lipinski definition) is 4. The van der Waals surface area contributed by atoms with Crippen molar-refractivity contribution in [2.75, 3.05) is 7.11 Å². The van der Waals surface area contributed by atoms with Crippen LogP contribution in [-0.4, -0.2) is 27.7 Å². The van der Waals surface area contributed by atoms with Crippen LogP contribution in [0.3, 0.4) is 0 Å². The summed E-state index contributed by atoms with van der Waals surface area (Å²) in [4.78, 5) is 4.45. The van der Waals surface area contributed by atoms with Crippen LogP contribution in [0, 0.1) is 0 Å². The van der Waals surface area contributed by atoms with Gasteiger partial charge in [-0.05, 0) is 54.1 Å². The van der Waals surface area contributed by atoms with Gasteiger partial charge in [-0.15, -0.1) is 0 Å². The van der Waals surface area contributed by atoms with Gasteiger partial charge in [0, 0.05) is 21.8 Å². The fourth-order valence-corrected chi connectivity index (χ4v) is 3.34. The Balaban J connectivity index is 1.81. The molecule has 1 heterocycles. The van der Waals surface area contributed by atoms with Crippen LogP contribution in [0.2, 0.25) is 5.02 Å². The first-order chi connectivity index (χ1) is 13.6. The van der Waals surface area contributed by atoms with Gasteiger partial charge < -0.3 is 15.7 Å². The van der Waals surface area contributed by atoms with E-state index in [2.05, 4.69) is 10.1 Å². The number of imidazole rings is 1. The smallest absolute Gasteiger partial charge is 0.170 e. The number of amidine groups is 1. The maximum absolute atomic E-state index is 8.86. The Kier molecular flexibility index (Phi) is 4.63. The van der Waals surface area contributed by atoms with Crippen LogP contribution in [0.25, 0.3) is 27.8 Å². The quantitative estimate of drug-likeness (QED) is 0.232. The second kappa shape index (κ2) is 7.25. The zero-order valence-corrected chi connectivity index (χ0v) is 15.8. The first-order valence-corrected chi connectivity index (χ1v) is 8.88. The van der Waals surface area contributed by atoms with E-state index in [4.69, 9.17) is 27.3 Å². The second-order valence-electron chi connectivity index (χ2n) is 6.20. The summed E-state index contributed by atoms with van der Waals surface area (Å²) in [6.45, 7) is 0. The van der Waals surface area contributed by atoms with Crippen molar-refractivity contribution in [3.63, 3.8) is 0 Å². The molecule has 0 unspecified atom stereocenters. The number of ether oxygens (including phenoxy) is 1. The summed E-state index contributed by atoms with van der Waals surface area (Å²) in [5, 5.41) is 12.5. The standard InChI is InChI=1S/C21H17ClN4O2/c1-28-20-8-6-15(22)11-17(20)13-3-2-4-16(9-13)26-12-24-18-10-14(21(23)25-27)5-7-19(18)26/h2-12,27H,1H3,(H2,23,25). The van der Waals surface area contributed by atoms with Gasteiger partial charge in [-0.2, -0.15) is 0 Å². The fraction of sp³-hybridized carbons (Fsp3) is 0.0476. The topological polar surface area (TPSA) is 85.7 Å². The highest BCUT2D eigenvalue weighted by molar-refractivity contribution is 6.31. The molecule has 0 atom stereocenters. The number of aromatic nitrogens is 2. The van der Waals surface area contributed by atoms with Crippen LogP contribution < -0.4 is 10.5 Å². The first kappa shape index (κ1) is 17.9. The highest BCUT2D eigenvalue weighted by Gasteiger charge is 2.11. The maximum Gasteiger partial charge on any atom is 0.170 e. The number of rotatable bonds is 4. The number of halogens is 1. The fourth-order valence-electron chi connectivity index (χ4n) is 3.16. The Morgan fingerprint density at radius 1 is 1.14 bits per heavy atom. The van der Waals surface area contributed by atoms with E-state index in [1.165, 1.54) is 0 Å². The van der Waals surface area contributed by atoms with E-state index in [9.17, 15) is 0 Å². The molecule has 0 aliphatic carbocycles. The molecular formula is C21H17ClN4O2. The van der Waals surface area contributed by atoms with Crippen LogP contribution in [-0.2, 0) is 0 Å². The minimum atomic E-state index is 0.0477. The SMILES string of the molecule is COc1ccc(Cl)cc1-c1cccc(-n2cnc3cc(C(N)=NO)ccc32)c1. The molecule has 0 aliphatic heterocycles. The average molecular weight is 393 g/mol.